The van der Waals surface area contributed by atoms with Crippen molar-refractivity contribution in [2.75, 3.05) is 0 Å². The molecular weight excluding hydrogens is 210 g/mol. The molecule has 0 N–H and O–H groups in total. The molecule has 0 amide bonds. The van der Waals surface area contributed by atoms with Crippen LogP contribution in [0.4, 0.5) is 0 Å². The van der Waals surface area contributed by atoms with Gasteiger partial charge in [0.2, 0.25) is 0 Å². The average Bonchev–Trinajstić information content (AvgIpc) is 2.32. The van der Waals surface area contributed by atoms with Gasteiger partial charge in [0.05, 0.1) is 0 Å². The van der Waals surface area contributed by atoms with Crippen molar-refractivity contribution in [1.82, 2.24) is 4.90 Å². The molecule has 17 heavy (non-hydrogen) atoms. The van der Waals surface area contributed by atoms with Crippen LogP contribution in [0.5, 0.6) is 0 Å². The van der Waals surface area contributed by atoms with Gasteiger partial charge in [0.15, 0.2) is 0 Å². The number of carbonyl (C=O) groups is 1. The van der Waals surface area contributed by atoms with E-state index in [2.05, 4.69) is 35.2 Å². The predicted octanol–water partition coefficient (Wildman–Crippen LogP) is 2.77. The van der Waals surface area contributed by atoms with Crippen molar-refractivity contribution in [2.45, 2.75) is 50.7 Å². The number of hydrogen-bond donors (Lipinski definition) is 0. The van der Waals surface area contributed by atoms with E-state index >= 15 is 0 Å². The van der Waals surface area contributed by atoms with E-state index in [1.54, 1.807) is 0 Å². The fraction of sp³-hybridized carbons (Fsp3) is 0.533. The maximum absolute atomic E-state index is 11.6. The van der Waals surface area contributed by atoms with Gasteiger partial charge < -0.3 is 0 Å². The monoisotopic (exact) mass is 229 g/mol. The standard InChI is InChI=1S/C15H19NO/c17-15-9-13-7-4-8-14(10-15)16(13)11-12-5-2-1-3-6-12/h1-3,5-6,13-14H,4,7-11H2/t13-,14?/m0/s1. The van der Waals surface area contributed by atoms with Crippen molar-refractivity contribution < 1.29 is 4.79 Å². The molecular formula is C15H19NO. The quantitative estimate of drug-likeness (QED) is 0.777. The molecule has 0 saturated carbocycles. The Morgan fingerprint density at radius 1 is 1.06 bits per heavy atom. The molecule has 0 spiro atoms. The number of Topliss-reactive ketones (excluding diaryl/α,β-unsaturated/α-hetero) is 1. The highest BCUT2D eigenvalue weighted by atomic mass is 16.1. The van der Waals surface area contributed by atoms with E-state index in [4.69, 9.17) is 0 Å². The SMILES string of the molecule is O=C1CC2CCC[C@@H](C1)N2Cc1ccccc1. The molecule has 2 aliphatic heterocycles. The van der Waals surface area contributed by atoms with Crippen molar-refractivity contribution in [1.29, 1.82) is 0 Å². The van der Waals surface area contributed by atoms with Gasteiger partial charge in [-0.2, -0.15) is 0 Å². The van der Waals surface area contributed by atoms with Gasteiger partial charge in [-0.3, -0.25) is 9.69 Å². The molecule has 1 aromatic rings. The molecule has 2 aliphatic rings. The maximum atomic E-state index is 11.6. The summed E-state index contributed by atoms with van der Waals surface area (Å²) in [5, 5.41) is 0. The van der Waals surface area contributed by atoms with Crippen LogP contribution in [0.3, 0.4) is 0 Å². The van der Waals surface area contributed by atoms with Gasteiger partial charge in [-0.15, -0.1) is 0 Å². The Bertz CT molecular complexity index is 385. The smallest absolute Gasteiger partial charge is 0.136 e. The Balaban J connectivity index is 1.76. The average molecular weight is 229 g/mol. The lowest BCUT2D eigenvalue weighted by Gasteiger charge is -2.45. The second kappa shape index (κ2) is 4.61. The summed E-state index contributed by atoms with van der Waals surface area (Å²) in [6.07, 6.45) is 5.27. The first-order chi connectivity index (χ1) is 8.33. The third-order valence-corrected chi connectivity index (χ3v) is 4.15. The summed E-state index contributed by atoms with van der Waals surface area (Å²) in [6.45, 7) is 1.02. The highest BCUT2D eigenvalue weighted by Gasteiger charge is 2.37. The van der Waals surface area contributed by atoms with Crippen molar-refractivity contribution >= 4 is 5.78 Å². The van der Waals surface area contributed by atoms with E-state index in [0.29, 0.717) is 17.9 Å². The van der Waals surface area contributed by atoms with Gasteiger partial charge in [-0.1, -0.05) is 36.8 Å². The van der Waals surface area contributed by atoms with Crippen LogP contribution in [0.25, 0.3) is 0 Å². The molecule has 1 unspecified atom stereocenters. The van der Waals surface area contributed by atoms with Crippen LogP contribution in [0, 0.1) is 0 Å². The third kappa shape index (κ3) is 2.27. The van der Waals surface area contributed by atoms with Gasteiger partial charge in [0.1, 0.15) is 5.78 Å². The Labute approximate surface area is 103 Å². The zero-order valence-corrected chi connectivity index (χ0v) is 10.1. The van der Waals surface area contributed by atoms with E-state index in [0.717, 1.165) is 19.4 Å². The van der Waals surface area contributed by atoms with Crippen molar-refractivity contribution in [2.24, 2.45) is 0 Å². The maximum Gasteiger partial charge on any atom is 0.136 e. The van der Waals surface area contributed by atoms with Crippen LogP contribution >= 0.6 is 0 Å². The summed E-state index contributed by atoms with van der Waals surface area (Å²) in [4.78, 5) is 14.2. The summed E-state index contributed by atoms with van der Waals surface area (Å²) in [5.41, 5.74) is 1.37. The largest absolute Gasteiger partial charge is 0.300 e. The predicted molar refractivity (Wildman–Crippen MR) is 67.7 cm³/mol. The van der Waals surface area contributed by atoms with Crippen LogP contribution in [0.2, 0.25) is 0 Å². The van der Waals surface area contributed by atoms with Crippen LogP contribution in [-0.4, -0.2) is 22.8 Å². The molecule has 2 heterocycles. The molecule has 2 fully saturated rings. The Kier molecular flexibility index (Phi) is 2.98. The normalized spacial score (nSPS) is 29.3. The van der Waals surface area contributed by atoms with Gasteiger partial charge in [0.25, 0.3) is 0 Å². The lowest BCUT2D eigenvalue weighted by Crippen LogP contribution is -2.51. The van der Waals surface area contributed by atoms with E-state index < -0.39 is 0 Å². The van der Waals surface area contributed by atoms with Crippen LogP contribution in [0.1, 0.15) is 37.7 Å². The number of carbonyl (C=O) groups excluding carboxylic acids is 1. The van der Waals surface area contributed by atoms with Crippen LogP contribution in [-0.2, 0) is 11.3 Å². The molecule has 2 heteroatoms. The summed E-state index contributed by atoms with van der Waals surface area (Å²) >= 11 is 0. The molecule has 0 radical (unpaired) electrons. The van der Waals surface area contributed by atoms with Gasteiger partial charge in [-0.25, -0.2) is 0 Å². The molecule has 2 atom stereocenters. The minimum Gasteiger partial charge on any atom is -0.300 e. The molecule has 1 aromatic carbocycles. The minimum absolute atomic E-state index is 0.476. The summed E-state index contributed by atoms with van der Waals surface area (Å²) in [7, 11) is 0. The molecule has 90 valence electrons. The first kappa shape index (κ1) is 11.0. The number of hydrogen-bond acceptors (Lipinski definition) is 2. The van der Waals surface area contributed by atoms with E-state index in [1.165, 1.54) is 24.8 Å². The molecule has 0 aromatic heterocycles. The van der Waals surface area contributed by atoms with Gasteiger partial charge in [0, 0.05) is 31.5 Å². The first-order valence-electron chi connectivity index (χ1n) is 6.64. The second-order valence-electron chi connectivity index (χ2n) is 5.34. The van der Waals surface area contributed by atoms with Crippen molar-refractivity contribution in [3.63, 3.8) is 0 Å². The van der Waals surface area contributed by atoms with E-state index in [1.807, 2.05) is 0 Å². The molecule has 3 rings (SSSR count). The summed E-state index contributed by atoms with van der Waals surface area (Å²) in [6, 6.07) is 11.6. The zero-order valence-electron chi connectivity index (χ0n) is 10.1. The highest BCUT2D eigenvalue weighted by molar-refractivity contribution is 5.80. The Hall–Kier alpha value is -1.15. The van der Waals surface area contributed by atoms with Gasteiger partial charge >= 0.3 is 0 Å². The van der Waals surface area contributed by atoms with Crippen LogP contribution in [0.15, 0.2) is 30.3 Å². The Morgan fingerprint density at radius 3 is 2.35 bits per heavy atom. The lowest BCUT2D eigenvalue weighted by atomic mass is 9.83. The number of fused-ring (bicyclic) bond motifs is 2. The Morgan fingerprint density at radius 2 is 1.71 bits per heavy atom. The topological polar surface area (TPSA) is 20.3 Å². The molecule has 2 bridgehead atoms. The highest BCUT2D eigenvalue weighted by Crippen LogP contribution is 2.33. The number of ketones is 1. The summed E-state index contributed by atoms with van der Waals surface area (Å²) < 4.78 is 0. The number of rotatable bonds is 2. The minimum atomic E-state index is 0.476. The van der Waals surface area contributed by atoms with Crippen molar-refractivity contribution in [3.8, 4) is 0 Å². The number of benzene rings is 1. The fourth-order valence-corrected chi connectivity index (χ4v) is 3.32. The second-order valence-corrected chi connectivity index (χ2v) is 5.34. The number of piperidine rings is 2. The fourth-order valence-electron chi connectivity index (χ4n) is 3.32. The van der Waals surface area contributed by atoms with E-state index in [9.17, 15) is 4.79 Å². The lowest BCUT2D eigenvalue weighted by molar-refractivity contribution is -0.127. The van der Waals surface area contributed by atoms with Gasteiger partial charge in [-0.05, 0) is 18.4 Å². The first-order valence-corrected chi connectivity index (χ1v) is 6.64. The molecule has 2 saturated heterocycles. The van der Waals surface area contributed by atoms with E-state index in [-0.39, 0.29) is 0 Å². The summed E-state index contributed by atoms with van der Waals surface area (Å²) in [5.74, 6) is 0.476. The molecule has 0 aliphatic carbocycles. The zero-order chi connectivity index (χ0) is 11.7. The molecule has 2 nitrogen and oxygen atoms in total. The van der Waals surface area contributed by atoms with Crippen molar-refractivity contribution in [3.05, 3.63) is 35.9 Å². The van der Waals surface area contributed by atoms with Crippen LogP contribution < -0.4 is 0 Å². The third-order valence-electron chi connectivity index (χ3n) is 4.15. The number of nitrogens with zero attached hydrogens (tertiary/aromatic N) is 1.